The molecule has 0 aromatic heterocycles. The Morgan fingerprint density at radius 3 is 2.55 bits per heavy atom. The Morgan fingerprint density at radius 1 is 1.20 bits per heavy atom. The Labute approximate surface area is 121 Å². The molecule has 2 rings (SSSR count). The van der Waals surface area contributed by atoms with E-state index in [0.717, 1.165) is 44.0 Å². The first kappa shape index (κ1) is 15.3. The Hall–Kier alpha value is -1.13. The third-order valence-corrected chi connectivity index (χ3v) is 3.79. The molecule has 0 amide bonds. The maximum atomic E-state index is 14.1. The number of halogens is 1. The van der Waals surface area contributed by atoms with Gasteiger partial charge in [-0.1, -0.05) is 19.9 Å². The molecular formula is C16H26FN3. The second-order valence-electron chi connectivity index (χ2n) is 6.05. The molecule has 1 aromatic carbocycles. The lowest BCUT2D eigenvalue weighted by atomic mass is 10.1. The van der Waals surface area contributed by atoms with Crippen molar-refractivity contribution in [3.63, 3.8) is 0 Å². The van der Waals surface area contributed by atoms with Gasteiger partial charge in [0.25, 0.3) is 0 Å². The number of nitrogens with one attached hydrogen (secondary N) is 1. The Morgan fingerprint density at radius 2 is 1.90 bits per heavy atom. The molecular weight excluding hydrogens is 253 g/mol. The zero-order valence-corrected chi connectivity index (χ0v) is 12.8. The molecule has 0 spiro atoms. The quantitative estimate of drug-likeness (QED) is 0.892. The summed E-state index contributed by atoms with van der Waals surface area (Å²) in [5.41, 5.74) is 1.85. The van der Waals surface area contributed by atoms with E-state index in [1.54, 1.807) is 6.07 Å². The molecule has 1 N–H and O–H groups in total. The van der Waals surface area contributed by atoms with Crippen LogP contribution in [0.1, 0.15) is 19.4 Å². The van der Waals surface area contributed by atoms with E-state index < -0.39 is 0 Å². The van der Waals surface area contributed by atoms with Crippen LogP contribution in [-0.4, -0.2) is 44.7 Å². The summed E-state index contributed by atoms with van der Waals surface area (Å²) in [6.45, 7) is 9.85. The van der Waals surface area contributed by atoms with E-state index in [0.29, 0.717) is 12.5 Å². The molecule has 0 radical (unpaired) electrons. The second kappa shape index (κ2) is 7.04. The van der Waals surface area contributed by atoms with E-state index in [-0.39, 0.29) is 5.82 Å². The fourth-order valence-corrected chi connectivity index (χ4v) is 2.55. The second-order valence-corrected chi connectivity index (χ2v) is 6.05. The number of rotatable bonds is 5. The minimum Gasteiger partial charge on any atom is -0.369 e. The number of hydrogen-bond donors (Lipinski definition) is 1. The Kier molecular flexibility index (Phi) is 5.38. The SMILES string of the molecule is CC(C)CNCc1c(F)cccc1N1CCN(C)CC1. The Balaban J connectivity index is 2.09. The highest BCUT2D eigenvalue weighted by Crippen LogP contribution is 2.24. The van der Waals surface area contributed by atoms with Crippen molar-refractivity contribution in [1.29, 1.82) is 0 Å². The highest BCUT2D eigenvalue weighted by atomic mass is 19.1. The molecule has 0 saturated carbocycles. The molecule has 0 aliphatic carbocycles. The molecule has 0 atom stereocenters. The van der Waals surface area contributed by atoms with Crippen LogP contribution in [0.25, 0.3) is 0 Å². The molecule has 3 nitrogen and oxygen atoms in total. The van der Waals surface area contributed by atoms with Gasteiger partial charge in [0, 0.05) is 44.0 Å². The Bertz CT molecular complexity index is 426. The first-order valence-electron chi connectivity index (χ1n) is 7.49. The minimum absolute atomic E-state index is 0.0994. The van der Waals surface area contributed by atoms with Gasteiger partial charge in [0.1, 0.15) is 5.82 Å². The average Bonchev–Trinajstić information content (AvgIpc) is 2.41. The van der Waals surface area contributed by atoms with Crippen LogP contribution >= 0.6 is 0 Å². The summed E-state index contributed by atoms with van der Waals surface area (Å²) in [6, 6.07) is 5.42. The van der Waals surface area contributed by atoms with Crippen LogP contribution in [0, 0.1) is 11.7 Å². The van der Waals surface area contributed by atoms with Gasteiger partial charge in [-0.3, -0.25) is 0 Å². The highest BCUT2D eigenvalue weighted by molar-refractivity contribution is 5.54. The first-order valence-corrected chi connectivity index (χ1v) is 7.49. The number of benzene rings is 1. The summed E-state index contributed by atoms with van der Waals surface area (Å²) < 4.78 is 14.1. The normalized spacial score (nSPS) is 16.9. The summed E-state index contributed by atoms with van der Waals surface area (Å²) in [6.07, 6.45) is 0. The van der Waals surface area contributed by atoms with Gasteiger partial charge in [-0.25, -0.2) is 4.39 Å². The predicted molar refractivity (Wildman–Crippen MR) is 82.7 cm³/mol. The fourth-order valence-electron chi connectivity index (χ4n) is 2.55. The molecule has 1 aliphatic rings. The summed E-state index contributed by atoms with van der Waals surface area (Å²) in [4.78, 5) is 4.61. The van der Waals surface area contributed by atoms with E-state index in [9.17, 15) is 4.39 Å². The van der Waals surface area contributed by atoms with Gasteiger partial charge >= 0.3 is 0 Å². The lowest BCUT2D eigenvalue weighted by Gasteiger charge is -2.35. The van der Waals surface area contributed by atoms with E-state index in [1.165, 1.54) is 0 Å². The number of piperazine rings is 1. The van der Waals surface area contributed by atoms with Crippen molar-refractivity contribution in [2.75, 3.05) is 44.7 Å². The molecule has 1 aliphatic heterocycles. The number of hydrogen-bond acceptors (Lipinski definition) is 3. The van der Waals surface area contributed by atoms with Gasteiger partial charge in [0.15, 0.2) is 0 Å². The van der Waals surface area contributed by atoms with Gasteiger partial charge in [0.2, 0.25) is 0 Å². The molecule has 1 saturated heterocycles. The van der Waals surface area contributed by atoms with Crippen LogP contribution in [0.4, 0.5) is 10.1 Å². The molecule has 112 valence electrons. The predicted octanol–water partition coefficient (Wildman–Crippen LogP) is 2.32. The van der Waals surface area contributed by atoms with E-state index >= 15 is 0 Å². The van der Waals surface area contributed by atoms with Gasteiger partial charge in [-0.2, -0.15) is 0 Å². The van der Waals surface area contributed by atoms with Crippen molar-refractivity contribution in [2.45, 2.75) is 20.4 Å². The van der Waals surface area contributed by atoms with Crippen molar-refractivity contribution in [1.82, 2.24) is 10.2 Å². The lowest BCUT2D eigenvalue weighted by molar-refractivity contribution is 0.312. The molecule has 20 heavy (non-hydrogen) atoms. The van der Waals surface area contributed by atoms with Gasteiger partial charge in [0.05, 0.1) is 0 Å². The van der Waals surface area contributed by atoms with Crippen molar-refractivity contribution in [3.05, 3.63) is 29.6 Å². The van der Waals surface area contributed by atoms with Crippen LogP contribution < -0.4 is 10.2 Å². The van der Waals surface area contributed by atoms with E-state index in [1.807, 2.05) is 12.1 Å². The van der Waals surface area contributed by atoms with Gasteiger partial charge in [-0.05, 0) is 31.6 Å². The van der Waals surface area contributed by atoms with Crippen molar-refractivity contribution < 1.29 is 4.39 Å². The van der Waals surface area contributed by atoms with Gasteiger partial charge < -0.3 is 15.1 Å². The summed E-state index contributed by atoms with van der Waals surface area (Å²) in [7, 11) is 2.13. The molecule has 4 heteroatoms. The first-order chi connectivity index (χ1) is 9.58. The zero-order valence-electron chi connectivity index (χ0n) is 12.8. The van der Waals surface area contributed by atoms with Gasteiger partial charge in [-0.15, -0.1) is 0 Å². The largest absolute Gasteiger partial charge is 0.369 e. The molecule has 1 heterocycles. The lowest BCUT2D eigenvalue weighted by Crippen LogP contribution is -2.45. The minimum atomic E-state index is -0.0994. The molecule has 0 bridgehead atoms. The van der Waals surface area contributed by atoms with Crippen LogP contribution in [0.3, 0.4) is 0 Å². The van der Waals surface area contributed by atoms with Crippen molar-refractivity contribution >= 4 is 5.69 Å². The zero-order chi connectivity index (χ0) is 14.5. The van der Waals surface area contributed by atoms with Crippen molar-refractivity contribution in [3.8, 4) is 0 Å². The van der Waals surface area contributed by atoms with E-state index in [4.69, 9.17) is 0 Å². The average molecular weight is 279 g/mol. The number of likely N-dealkylation sites (N-methyl/N-ethyl adjacent to an activating group) is 1. The monoisotopic (exact) mass is 279 g/mol. The molecule has 1 fully saturated rings. The number of anilines is 1. The van der Waals surface area contributed by atoms with Crippen LogP contribution in [-0.2, 0) is 6.54 Å². The van der Waals surface area contributed by atoms with Crippen LogP contribution in [0.2, 0.25) is 0 Å². The topological polar surface area (TPSA) is 18.5 Å². The molecule has 1 aromatic rings. The summed E-state index contributed by atoms with van der Waals surface area (Å²) in [5.74, 6) is 0.478. The smallest absolute Gasteiger partial charge is 0.129 e. The maximum Gasteiger partial charge on any atom is 0.129 e. The fraction of sp³-hybridized carbons (Fsp3) is 0.625. The standard InChI is InChI=1S/C16H26FN3/c1-13(2)11-18-12-14-15(17)5-4-6-16(14)20-9-7-19(3)8-10-20/h4-6,13,18H,7-12H2,1-3H3. The summed E-state index contributed by atoms with van der Waals surface area (Å²) in [5, 5.41) is 3.35. The highest BCUT2D eigenvalue weighted by Gasteiger charge is 2.18. The molecule has 0 unspecified atom stereocenters. The van der Waals surface area contributed by atoms with Crippen LogP contribution in [0.5, 0.6) is 0 Å². The number of nitrogens with zero attached hydrogens (tertiary/aromatic N) is 2. The van der Waals surface area contributed by atoms with Crippen LogP contribution in [0.15, 0.2) is 18.2 Å². The third kappa shape index (κ3) is 3.93. The summed E-state index contributed by atoms with van der Waals surface area (Å²) >= 11 is 0. The van der Waals surface area contributed by atoms with Crippen molar-refractivity contribution in [2.24, 2.45) is 5.92 Å². The third-order valence-electron chi connectivity index (χ3n) is 3.79. The maximum absolute atomic E-state index is 14.1. The van der Waals surface area contributed by atoms with E-state index in [2.05, 4.69) is 36.0 Å².